The van der Waals surface area contributed by atoms with E-state index in [1.165, 1.54) is 29.7 Å². The lowest BCUT2D eigenvalue weighted by molar-refractivity contribution is -0.402. The summed E-state index contributed by atoms with van der Waals surface area (Å²) in [6.07, 6.45) is 4.70. The Bertz CT molecular complexity index is 884. The first-order valence-electron chi connectivity index (χ1n) is 6.93. The zero-order chi connectivity index (χ0) is 16.8. The molecular weight excluding hydrogens is 328 g/mol. The molecule has 0 radical (unpaired) electrons. The van der Waals surface area contributed by atoms with Gasteiger partial charge in [-0.1, -0.05) is 30.3 Å². The van der Waals surface area contributed by atoms with Gasteiger partial charge in [0, 0.05) is 17.2 Å². The molecule has 0 aliphatic carbocycles. The van der Waals surface area contributed by atoms with Crippen molar-refractivity contribution in [3.63, 3.8) is 0 Å². The quantitative estimate of drug-likeness (QED) is 0.407. The molecule has 0 fully saturated rings. The SMILES string of the molecule is O=[N+]([O-])c1ccc(C=CC=NNc2nc(-c3ccccc3)cs2)o1. The van der Waals surface area contributed by atoms with E-state index in [0.29, 0.717) is 10.9 Å². The van der Waals surface area contributed by atoms with Crippen LogP contribution < -0.4 is 5.43 Å². The van der Waals surface area contributed by atoms with Crippen LogP contribution in [0.15, 0.2) is 63.4 Å². The first kappa shape index (κ1) is 15.6. The summed E-state index contributed by atoms with van der Waals surface area (Å²) in [5, 5.41) is 17.1. The molecule has 7 nitrogen and oxygen atoms in total. The molecule has 0 amide bonds. The van der Waals surface area contributed by atoms with Crippen molar-refractivity contribution in [2.24, 2.45) is 5.10 Å². The van der Waals surface area contributed by atoms with Gasteiger partial charge in [0.15, 0.2) is 0 Å². The van der Waals surface area contributed by atoms with Crippen LogP contribution in [-0.4, -0.2) is 16.1 Å². The van der Waals surface area contributed by atoms with Gasteiger partial charge in [0.2, 0.25) is 5.13 Å². The highest BCUT2D eigenvalue weighted by Crippen LogP contribution is 2.24. The molecule has 120 valence electrons. The number of nitrogens with zero attached hydrogens (tertiary/aromatic N) is 3. The maximum Gasteiger partial charge on any atom is 0.433 e. The summed E-state index contributed by atoms with van der Waals surface area (Å²) in [5.74, 6) is 0.0923. The molecule has 0 aliphatic heterocycles. The normalized spacial score (nSPS) is 11.3. The van der Waals surface area contributed by atoms with Crippen LogP contribution >= 0.6 is 11.3 Å². The van der Waals surface area contributed by atoms with Crippen molar-refractivity contribution in [1.29, 1.82) is 0 Å². The Kier molecular flexibility index (Phi) is 4.78. The lowest BCUT2D eigenvalue weighted by Gasteiger charge is -1.94. The number of allylic oxidation sites excluding steroid dienone is 1. The molecule has 2 heterocycles. The number of nitrogens with one attached hydrogen (secondary N) is 1. The Balaban J connectivity index is 1.55. The molecule has 0 unspecified atom stereocenters. The fourth-order valence-corrected chi connectivity index (χ4v) is 2.54. The number of nitro groups is 1. The average Bonchev–Trinajstić information content (AvgIpc) is 3.25. The van der Waals surface area contributed by atoms with Gasteiger partial charge in [0.1, 0.15) is 10.7 Å². The third-order valence-corrected chi connectivity index (χ3v) is 3.69. The van der Waals surface area contributed by atoms with E-state index >= 15 is 0 Å². The first-order chi connectivity index (χ1) is 11.7. The van der Waals surface area contributed by atoms with Gasteiger partial charge in [-0.3, -0.25) is 15.5 Å². The van der Waals surface area contributed by atoms with E-state index in [0.717, 1.165) is 11.3 Å². The van der Waals surface area contributed by atoms with Crippen molar-refractivity contribution >= 4 is 34.6 Å². The van der Waals surface area contributed by atoms with Crippen molar-refractivity contribution in [2.45, 2.75) is 0 Å². The number of aromatic nitrogens is 1. The van der Waals surface area contributed by atoms with Gasteiger partial charge in [0.25, 0.3) is 0 Å². The number of benzene rings is 1. The van der Waals surface area contributed by atoms with Crippen LogP contribution in [-0.2, 0) is 0 Å². The maximum atomic E-state index is 10.5. The lowest BCUT2D eigenvalue weighted by atomic mass is 10.2. The molecular formula is C16H12N4O3S. The van der Waals surface area contributed by atoms with Crippen LogP contribution in [0.4, 0.5) is 11.0 Å². The Hall–Kier alpha value is -3.26. The van der Waals surface area contributed by atoms with Crippen molar-refractivity contribution < 1.29 is 9.34 Å². The van der Waals surface area contributed by atoms with Crippen molar-refractivity contribution in [2.75, 3.05) is 5.43 Å². The first-order valence-corrected chi connectivity index (χ1v) is 7.81. The van der Waals surface area contributed by atoms with Gasteiger partial charge in [-0.05, 0) is 18.2 Å². The van der Waals surface area contributed by atoms with Crippen LogP contribution in [0.25, 0.3) is 17.3 Å². The number of furan rings is 1. The third-order valence-electron chi connectivity index (χ3n) is 2.95. The molecule has 2 aromatic heterocycles. The molecule has 0 aliphatic rings. The molecule has 0 saturated heterocycles. The van der Waals surface area contributed by atoms with Crippen molar-refractivity contribution in [1.82, 2.24) is 4.98 Å². The smallest absolute Gasteiger partial charge is 0.401 e. The third kappa shape index (κ3) is 3.93. The minimum atomic E-state index is -0.584. The second-order valence-corrected chi connectivity index (χ2v) is 5.44. The lowest BCUT2D eigenvalue weighted by Crippen LogP contribution is -1.87. The van der Waals surface area contributed by atoms with Gasteiger partial charge in [-0.15, -0.1) is 11.3 Å². The van der Waals surface area contributed by atoms with Crippen molar-refractivity contribution in [3.05, 3.63) is 69.8 Å². The van der Waals surface area contributed by atoms with E-state index in [-0.39, 0.29) is 5.88 Å². The Morgan fingerprint density at radius 1 is 1.25 bits per heavy atom. The zero-order valence-corrected chi connectivity index (χ0v) is 13.1. The molecule has 0 atom stereocenters. The number of rotatable bonds is 6. The van der Waals surface area contributed by atoms with Gasteiger partial charge in [-0.25, -0.2) is 4.98 Å². The highest BCUT2D eigenvalue weighted by Gasteiger charge is 2.09. The van der Waals surface area contributed by atoms with Crippen LogP contribution in [0.2, 0.25) is 0 Å². The van der Waals surface area contributed by atoms with Crippen LogP contribution in [0.5, 0.6) is 0 Å². The average molecular weight is 340 g/mol. The number of hydrogen-bond acceptors (Lipinski definition) is 7. The van der Waals surface area contributed by atoms with E-state index in [2.05, 4.69) is 15.5 Å². The highest BCUT2D eigenvalue weighted by molar-refractivity contribution is 7.14. The highest BCUT2D eigenvalue weighted by atomic mass is 32.1. The fourth-order valence-electron chi connectivity index (χ4n) is 1.87. The molecule has 0 spiro atoms. The molecule has 1 N–H and O–H groups in total. The van der Waals surface area contributed by atoms with E-state index in [9.17, 15) is 10.1 Å². The number of thiazole rings is 1. The van der Waals surface area contributed by atoms with Crippen LogP contribution in [0, 0.1) is 10.1 Å². The summed E-state index contributed by atoms with van der Waals surface area (Å²) in [4.78, 5) is 14.3. The predicted molar refractivity (Wildman–Crippen MR) is 94.1 cm³/mol. The minimum Gasteiger partial charge on any atom is -0.401 e. The topological polar surface area (TPSA) is 93.6 Å². The number of anilines is 1. The molecule has 3 rings (SSSR count). The van der Waals surface area contributed by atoms with Gasteiger partial charge >= 0.3 is 5.88 Å². The summed E-state index contributed by atoms with van der Waals surface area (Å²) < 4.78 is 4.98. The molecule has 1 aromatic carbocycles. The van der Waals surface area contributed by atoms with E-state index in [1.54, 1.807) is 12.2 Å². The van der Waals surface area contributed by atoms with E-state index < -0.39 is 4.92 Å². The molecule has 8 heteroatoms. The summed E-state index contributed by atoms with van der Waals surface area (Å²) in [5.41, 5.74) is 4.76. The predicted octanol–water partition coefficient (Wildman–Crippen LogP) is 4.42. The van der Waals surface area contributed by atoms with Gasteiger partial charge in [-0.2, -0.15) is 5.10 Å². The van der Waals surface area contributed by atoms with E-state index in [4.69, 9.17) is 4.42 Å². The second kappa shape index (κ2) is 7.34. The largest absolute Gasteiger partial charge is 0.433 e. The standard InChI is InChI=1S/C16H12N4O3S/c21-20(22)15-9-8-13(23-15)7-4-10-17-19-16-18-14(11-24-16)12-5-2-1-3-6-12/h1-11H,(H,18,19). The fraction of sp³-hybridized carbons (Fsp3) is 0. The summed E-state index contributed by atoms with van der Waals surface area (Å²) in [6, 6.07) is 12.7. The van der Waals surface area contributed by atoms with E-state index in [1.807, 2.05) is 35.7 Å². The number of hydrogen-bond donors (Lipinski definition) is 1. The number of hydrazone groups is 1. The van der Waals surface area contributed by atoms with Crippen LogP contribution in [0.1, 0.15) is 5.76 Å². The summed E-state index contributed by atoms with van der Waals surface area (Å²) in [6.45, 7) is 0. The Morgan fingerprint density at radius 2 is 2.08 bits per heavy atom. The Morgan fingerprint density at radius 3 is 2.83 bits per heavy atom. The van der Waals surface area contributed by atoms with Gasteiger partial charge < -0.3 is 4.42 Å². The monoisotopic (exact) mass is 340 g/mol. The maximum absolute atomic E-state index is 10.5. The Labute approximate surface area is 141 Å². The van der Waals surface area contributed by atoms with Crippen molar-refractivity contribution in [3.8, 4) is 11.3 Å². The van der Waals surface area contributed by atoms with Crippen LogP contribution in [0.3, 0.4) is 0 Å². The minimum absolute atomic E-state index is 0.291. The molecule has 0 bridgehead atoms. The molecule has 24 heavy (non-hydrogen) atoms. The molecule has 3 aromatic rings. The molecule has 0 saturated carbocycles. The van der Waals surface area contributed by atoms with Gasteiger partial charge in [0.05, 0.1) is 11.8 Å². The summed E-state index contributed by atoms with van der Waals surface area (Å²) >= 11 is 1.45. The zero-order valence-electron chi connectivity index (χ0n) is 12.3. The summed E-state index contributed by atoms with van der Waals surface area (Å²) in [7, 11) is 0. The second-order valence-electron chi connectivity index (χ2n) is 4.59.